The van der Waals surface area contributed by atoms with Crippen LogP contribution in [-0.2, 0) is 15.0 Å². The van der Waals surface area contributed by atoms with Crippen LogP contribution in [0.1, 0.15) is 82.0 Å². The van der Waals surface area contributed by atoms with Crippen molar-refractivity contribution in [3.63, 3.8) is 0 Å². The molecule has 1 saturated heterocycles. The number of nitrogens with two attached hydrogens (primary N) is 1. The zero-order valence-electron chi connectivity index (χ0n) is 27.3. The Hall–Kier alpha value is -6.11. The van der Waals surface area contributed by atoms with E-state index in [0.29, 0.717) is 17.2 Å². The molecule has 2 aliphatic heterocycles. The number of hydrogen-bond donors (Lipinski definition) is 3. The summed E-state index contributed by atoms with van der Waals surface area (Å²) in [6.07, 6.45) is 4.54. The molecule has 0 bridgehead atoms. The first-order valence-corrected chi connectivity index (χ1v) is 16.3. The van der Waals surface area contributed by atoms with E-state index in [1.165, 1.54) is 12.4 Å². The summed E-state index contributed by atoms with van der Waals surface area (Å²) in [6.45, 7) is 4.29. The van der Waals surface area contributed by atoms with Crippen LogP contribution in [0.3, 0.4) is 0 Å². The second kappa shape index (κ2) is 12.7. The number of amides is 5. The standard InChI is InChI=1S/C37H34N6O7/c1-37(2,21-5-10-25(11-6-21)50-27-18-39-33(32(38)45)40-19-27)20-3-8-24(9-4-20)49-26-15-23(16-26)41-22-7-12-28-29(17-22)36(48)43(35(28)47)30-13-14-31(44)42-34(30)46/h3-12,17-19,23,26,30,41H,13-16H2,1-2H3,(H2,38,45)(H,42,44,46). The molecule has 254 valence electrons. The van der Waals surface area contributed by atoms with Crippen molar-refractivity contribution in [1.29, 1.82) is 0 Å². The van der Waals surface area contributed by atoms with Crippen molar-refractivity contribution in [3.8, 4) is 17.2 Å². The van der Waals surface area contributed by atoms with Gasteiger partial charge in [0.25, 0.3) is 17.7 Å². The molecule has 2 fully saturated rings. The van der Waals surface area contributed by atoms with Crippen molar-refractivity contribution in [2.45, 2.75) is 63.1 Å². The summed E-state index contributed by atoms with van der Waals surface area (Å²) in [7, 11) is 0. The molecular weight excluding hydrogens is 640 g/mol. The fourth-order valence-electron chi connectivity index (χ4n) is 6.46. The molecule has 7 rings (SSSR count). The van der Waals surface area contributed by atoms with Crippen molar-refractivity contribution in [2.75, 3.05) is 5.32 Å². The lowest BCUT2D eigenvalue weighted by molar-refractivity contribution is -0.136. The van der Waals surface area contributed by atoms with Gasteiger partial charge in [-0.05, 0) is 60.0 Å². The van der Waals surface area contributed by atoms with Crippen molar-refractivity contribution >= 4 is 35.2 Å². The number of ether oxygens (including phenoxy) is 2. The van der Waals surface area contributed by atoms with Gasteiger partial charge in [0.1, 0.15) is 23.6 Å². The maximum Gasteiger partial charge on any atom is 0.286 e. The number of benzene rings is 3. The lowest BCUT2D eigenvalue weighted by atomic mass is 9.78. The van der Waals surface area contributed by atoms with Crippen LogP contribution < -0.4 is 25.8 Å². The van der Waals surface area contributed by atoms with Gasteiger partial charge in [0.05, 0.1) is 23.5 Å². The molecule has 0 spiro atoms. The zero-order valence-corrected chi connectivity index (χ0v) is 27.3. The van der Waals surface area contributed by atoms with Gasteiger partial charge in [-0.3, -0.25) is 34.2 Å². The molecule has 1 aromatic heterocycles. The minimum absolute atomic E-state index is 0.0250. The van der Waals surface area contributed by atoms with Gasteiger partial charge in [-0.25, -0.2) is 9.97 Å². The zero-order chi connectivity index (χ0) is 35.2. The van der Waals surface area contributed by atoms with Gasteiger partial charge in [0.15, 0.2) is 5.75 Å². The number of rotatable bonds is 10. The molecule has 50 heavy (non-hydrogen) atoms. The summed E-state index contributed by atoms with van der Waals surface area (Å²) in [4.78, 5) is 69.9. The normalized spacial score (nSPS) is 20.1. The molecule has 1 aliphatic carbocycles. The van der Waals surface area contributed by atoms with E-state index in [4.69, 9.17) is 15.2 Å². The lowest BCUT2D eigenvalue weighted by Crippen LogP contribution is -2.54. The predicted molar refractivity (Wildman–Crippen MR) is 180 cm³/mol. The molecule has 5 amide bonds. The number of piperidine rings is 1. The summed E-state index contributed by atoms with van der Waals surface area (Å²) in [6, 6.07) is 20.0. The molecular formula is C37H34N6O7. The third kappa shape index (κ3) is 6.25. The number of fused-ring (bicyclic) bond motifs is 1. The Morgan fingerprint density at radius 2 is 1.48 bits per heavy atom. The van der Waals surface area contributed by atoms with E-state index in [1.54, 1.807) is 18.2 Å². The third-order valence-electron chi connectivity index (χ3n) is 9.44. The van der Waals surface area contributed by atoms with Crippen LogP contribution in [0.5, 0.6) is 17.2 Å². The average Bonchev–Trinajstić information content (AvgIpc) is 3.32. The molecule has 13 nitrogen and oxygen atoms in total. The molecule has 1 unspecified atom stereocenters. The first-order valence-electron chi connectivity index (χ1n) is 16.3. The molecule has 3 heterocycles. The van der Waals surface area contributed by atoms with E-state index in [1.807, 2.05) is 36.4 Å². The van der Waals surface area contributed by atoms with Crippen molar-refractivity contribution < 1.29 is 33.4 Å². The maximum atomic E-state index is 13.1. The van der Waals surface area contributed by atoms with Crippen molar-refractivity contribution in [3.05, 3.63) is 107 Å². The molecule has 3 aromatic carbocycles. The Kier molecular flexibility index (Phi) is 8.26. The van der Waals surface area contributed by atoms with Crippen LogP contribution in [0.2, 0.25) is 0 Å². The van der Waals surface area contributed by atoms with Crippen LogP contribution in [0.15, 0.2) is 79.1 Å². The number of anilines is 1. The van der Waals surface area contributed by atoms with E-state index in [2.05, 4.69) is 46.6 Å². The highest BCUT2D eigenvalue weighted by molar-refractivity contribution is 6.23. The quantitative estimate of drug-likeness (QED) is 0.207. The van der Waals surface area contributed by atoms with Crippen LogP contribution >= 0.6 is 0 Å². The summed E-state index contributed by atoms with van der Waals surface area (Å²) in [5.74, 6) is -1.10. The highest BCUT2D eigenvalue weighted by Crippen LogP contribution is 2.36. The van der Waals surface area contributed by atoms with Gasteiger partial charge in [-0.15, -0.1) is 0 Å². The average molecular weight is 675 g/mol. The first kappa shape index (κ1) is 32.4. The van der Waals surface area contributed by atoms with Crippen molar-refractivity contribution in [1.82, 2.24) is 20.2 Å². The van der Waals surface area contributed by atoms with Gasteiger partial charge in [-0.2, -0.15) is 0 Å². The lowest BCUT2D eigenvalue weighted by Gasteiger charge is -2.36. The van der Waals surface area contributed by atoms with E-state index >= 15 is 0 Å². The summed E-state index contributed by atoms with van der Waals surface area (Å²) < 4.78 is 12.0. The Balaban J connectivity index is 0.912. The molecule has 3 aliphatic rings. The number of imide groups is 2. The number of hydrogen-bond acceptors (Lipinski definition) is 10. The smallest absolute Gasteiger partial charge is 0.286 e. The maximum absolute atomic E-state index is 13.1. The summed E-state index contributed by atoms with van der Waals surface area (Å²) in [5, 5.41) is 5.63. The second-order valence-corrected chi connectivity index (χ2v) is 13.1. The third-order valence-corrected chi connectivity index (χ3v) is 9.44. The van der Waals surface area contributed by atoms with Gasteiger partial charge >= 0.3 is 0 Å². The SMILES string of the molecule is CC(C)(c1ccc(Oc2cnc(C(N)=O)nc2)cc1)c1ccc(OC2CC(Nc3ccc4c(c3)C(=O)N(C3CCC(=O)NC3=O)C4=O)C2)cc1. The Morgan fingerprint density at radius 3 is 2.10 bits per heavy atom. The Morgan fingerprint density at radius 1 is 0.860 bits per heavy atom. The molecule has 4 aromatic rings. The first-order chi connectivity index (χ1) is 24.0. The van der Waals surface area contributed by atoms with Crippen LogP contribution in [0, 0.1) is 0 Å². The van der Waals surface area contributed by atoms with E-state index < -0.39 is 35.6 Å². The van der Waals surface area contributed by atoms with Crippen LogP contribution in [-0.4, -0.2) is 62.6 Å². The van der Waals surface area contributed by atoms with Crippen molar-refractivity contribution in [2.24, 2.45) is 5.73 Å². The van der Waals surface area contributed by atoms with Gasteiger partial charge in [0, 0.05) is 36.4 Å². The molecule has 1 atom stereocenters. The fourth-order valence-corrected chi connectivity index (χ4v) is 6.46. The van der Waals surface area contributed by atoms with E-state index in [0.717, 1.165) is 34.6 Å². The molecule has 1 saturated carbocycles. The number of aromatic nitrogens is 2. The minimum Gasteiger partial charge on any atom is -0.490 e. The number of nitrogens with one attached hydrogen (secondary N) is 2. The van der Waals surface area contributed by atoms with E-state index in [9.17, 15) is 24.0 Å². The largest absolute Gasteiger partial charge is 0.490 e. The number of primary amides is 1. The summed E-state index contributed by atoms with van der Waals surface area (Å²) in [5.41, 5.74) is 8.29. The van der Waals surface area contributed by atoms with Crippen LogP contribution in [0.4, 0.5) is 5.69 Å². The highest BCUT2D eigenvalue weighted by atomic mass is 16.5. The monoisotopic (exact) mass is 674 g/mol. The summed E-state index contributed by atoms with van der Waals surface area (Å²) >= 11 is 0. The minimum atomic E-state index is -0.994. The van der Waals surface area contributed by atoms with Gasteiger partial charge in [0.2, 0.25) is 17.6 Å². The van der Waals surface area contributed by atoms with Crippen LogP contribution in [0.25, 0.3) is 0 Å². The second-order valence-electron chi connectivity index (χ2n) is 13.1. The number of carbonyl (C=O) groups is 5. The Labute approximate surface area is 287 Å². The van der Waals surface area contributed by atoms with Gasteiger partial charge in [-0.1, -0.05) is 38.1 Å². The number of carbonyl (C=O) groups excluding carboxylic acids is 5. The fraction of sp³-hybridized carbons (Fsp3) is 0.270. The predicted octanol–water partition coefficient (Wildman–Crippen LogP) is 4.12. The van der Waals surface area contributed by atoms with Gasteiger partial charge < -0.3 is 20.5 Å². The Bertz CT molecular complexity index is 2010. The highest BCUT2D eigenvalue weighted by Gasteiger charge is 2.44. The molecule has 0 radical (unpaired) electrons. The molecule has 4 N–H and O–H groups in total. The molecule has 13 heteroatoms. The van der Waals surface area contributed by atoms with E-state index in [-0.39, 0.29) is 47.4 Å². The topological polar surface area (TPSA) is 183 Å². The number of nitrogens with zero attached hydrogens (tertiary/aromatic N) is 3.